The van der Waals surface area contributed by atoms with E-state index in [1.807, 2.05) is 111 Å². The lowest BCUT2D eigenvalue weighted by Gasteiger charge is -2.33. The van der Waals surface area contributed by atoms with Gasteiger partial charge in [-0.05, 0) is 135 Å². The fourth-order valence-electron chi connectivity index (χ4n) is 6.22. The molecule has 1 aliphatic rings. The predicted molar refractivity (Wildman–Crippen MR) is 226 cm³/mol. The Hall–Kier alpha value is -4.40. The molecule has 0 radical (unpaired) electrons. The van der Waals surface area contributed by atoms with Crippen molar-refractivity contribution in [3.63, 3.8) is 0 Å². The van der Waals surface area contributed by atoms with Gasteiger partial charge < -0.3 is 39.3 Å². The Morgan fingerprint density at radius 3 is 1.82 bits per heavy atom. The van der Waals surface area contributed by atoms with Crippen molar-refractivity contribution < 1.29 is 37.8 Å². The van der Waals surface area contributed by atoms with E-state index in [9.17, 15) is 9.59 Å². The van der Waals surface area contributed by atoms with Crippen molar-refractivity contribution in [2.75, 3.05) is 25.6 Å². The van der Waals surface area contributed by atoms with Crippen molar-refractivity contribution in [2.24, 2.45) is 17.6 Å². The average molecular weight is 792 g/mol. The molecule has 57 heavy (non-hydrogen) atoms. The molecule has 0 unspecified atom stereocenters. The summed E-state index contributed by atoms with van der Waals surface area (Å²) in [7, 11) is 0.880. The third kappa shape index (κ3) is 15.5. The fraction of sp³-hybridized carbons (Fsp3) is 0.581. The van der Waals surface area contributed by atoms with Crippen LogP contribution in [0.5, 0.6) is 11.5 Å². The monoisotopic (exact) mass is 792 g/mol. The largest absolute Gasteiger partial charge is 0.494 e. The van der Waals surface area contributed by atoms with E-state index in [4.69, 9.17) is 29.3 Å². The molecule has 2 aromatic carbocycles. The topological polar surface area (TPSA) is 165 Å². The zero-order valence-electron chi connectivity index (χ0n) is 36.6. The smallest absolute Gasteiger partial charge is 0.492 e. The number of benzene rings is 2. The SMILES string of the molecule is CC(C)C[C@@](C)(COc1ccc(B2OC(C)(C)C(C)(C)O2)cc1)NC(=O)OC(C)(C)C.COC(=O)Nc1nccc(-c2ccc(OC[C@@](C)(N)CC(C)C)cc2)n1. The highest BCUT2D eigenvalue weighted by Gasteiger charge is 2.51. The standard InChI is InChI=1S/C24H40BNO5.C19H26N4O3/c1-17(2)15-24(10,26-20(27)29-21(3,4)5)16-28-19-13-11-18(12-14-19)25-30-22(6,7)23(8,9)31-25;1-13(2)11-19(3,20)12-26-15-7-5-14(6-8-15)16-9-10-21-17(22-16)23-18(24)25-4/h11-14,17H,15-16H2,1-10H3,(H,26,27);5-10,13H,11-12,20H2,1-4H3,(H,21,22,23,24)/t24-;19-/m00/s1. The van der Waals surface area contributed by atoms with Gasteiger partial charge in [0.2, 0.25) is 5.95 Å². The van der Waals surface area contributed by atoms with Crippen molar-refractivity contribution in [2.45, 2.75) is 131 Å². The van der Waals surface area contributed by atoms with Gasteiger partial charge in [0, 0.05) is 17.3 Å². The van der Waals surface area contributed by atoms with E-state index in [2.05, 4.69) is 53.0 Å². The van der Waals surface area contributed by atoms with Crippen molar-refractivity contribution in [1.82, 2.24) is 15.3 Å². The van der Waals surface area contributed by atoms with Crippen molar-refractivity contribution in [3.05, 3.63) is 60.8 Å². The third-order valence-corrected chi connectivity index (χ3v) is 9.27. The molecule has 1 aromatic heterocycles. The molecule has 0 aliphatic carbocycles. The first-order valence-electron chi connectivity index (χ1n) is 19.6. The maximum atomic E-state index is 12.3. The van der Waals surface area contributed by atoms with Gasteiger partial charge in [-0.15, -0.1) is 0 Å². The number of hydrogen-bond acceptors (Lipinski definition) is 11. The summed E-state index contributed by atoms with van der Waals surface area (Å²) >= 11 is 0. The molecule has 2 amide bonds. The van der Waals surface area contributed by atoms with Crippen LogP contribution in [0.25, 0.3) is 11.3 Å². The van der Waals surface area contributed by atoms with Crippen LogP contribution in [-0.4, -0.2) is 77.5 Å². The first-order chi connectivity index (χ1) is 26.3. The van der Waals surface area contributed by atoms with E-state index < -0.39 is 30.4 Å². The summed E-state index contributed by atoms with van der Waals surface area (Å²) in [4.78, 5) is 31.9. The van der Waals surface area contributed by atoms with Gasteiger partial charge in [0.25, 0.3) is 0 Å². The van der Waals surface area contributed by atoms with Crippen LogP contribution in [0.4, 0.5) is 15.5 Å². The number of nitrogens with one attached hydrogen (secondary N) is 2. The molecule has 314 valence electrons. The normalized spacial score (nSPS) is 16.8. The summed E-state index contributed by atoms with van der Waals surface area (Å²) in [6.45, 7) is 27.0. The van der Waals surface area contributed by atoms with Crippen LogP contribution in [0.3, 0.4) is 0 Å². The van der Waals surface area contributed by atoms with Crippen LogP contribution in [-0.2, 0) is 18.8 Å². The number of ether oxygens (including phenoxy) is 4. The van der Waals surface area contributed by atoms with Gasteiger partial charge in [-0.1, -0.05) is 39.8 Å². The van der Waals surface area contributed by atoms with Gasteiger partial charge in [0.05, 0.1) is 29.5 Å². The third-order valence-electron chi connectivity index (χ3n) is 9.27. The molecule has 4 N–H and O–H groups in total. The number of aromatic nitrogens is 2. The number of alkyl carbamates (subject to hydrolysis) is 1. The van der Waals surface area contributed by atoms with E-state index in [-0.39, 0.29) is 22.7 Å². The van der Waals surface area contributed by atoms with E-state index >= 15 is 0 Å². The Morgan fingerprint density at radius 2 is 1.32 bits per heavy atom. The molecular weight excluding hydrogens is 725 g/mol. The molecule has 0 saturated carbocycles. The van der Waals surface area contributed by atoms with E-state index in [1.165, 1.54) is 7.11 Å². The van der Waals surface area contributed by atoms with Gasteiger partial charge in [0.1, 0.15) is 30.3 Å². The number of nitrogens with zero attached hydrogens (tertiary/aromatic N) is 2. The van der Waals surface area contributed by atoms with Crippen LogP contribution >= 0.6 is 0 Å². The minimum atomic E-state index is -0.614. The molecule has 2 heterocycles. The summed E-state index contributed by atoms with van der Waals surface area (Å²) in [6.07, 6.45) is 2.18. The molecule has 13 nitrogen and oxygen atoms in total. The molecule has 1 saturated heterocycles. The highest BCUT2D eigenvalue weighted by atomic mass is 16.7. The Kier molecular flexibility index (Phi) is 16.0. The van der Waals surface area contributed by atoms with Gasteiger partial charge in [-0.2, -0.15) is 0 Å². The quantitative estimate of drug-likeness (QED) is 0.135. The van der Waals surface area contributed by atoms with Crippen LogP contribution in [0.2, 0.25) is 0 Å². The van der Waals surface area contributed by atoms with E-state index in [0.717, 1.165) is 35.4 Å². The molecule has 3 aromatic rings. The molecule has 4 rings (SSSR count). The van der Waals surface area contributed by atoms with Crippen molar-refractivity contribution >= 4 is 30.7 Å². The maximum Gasteiger partial charge on any atom is 0.494 e. The number of methoxy groups -OCH3 is 1. The molecule has 14 heteroatoms. The fourth-order valence-corrected chi connectivity index (χ4v) is 6.22. The molecule has 2 atom stereocenters. The minimum absolute atomic E-state index is 0.183. The first-order valence-corrected chi connectivity index (χ1v) is 19.6. The molecular formula is C43H66BN5O8. The lowest BCUT2D eigenvalue weighted by Crippen LogP contribution is -2.52. The number of amides is 2. The first kappa shape index (κ1) is 47.0. The Morgan fingerprint density at radius 1 is 0.789 bits per heavy atom. The second kappa shape index (κ2) is 19.4. The minimum Gasteiger partial charge on any atom is -0.492 e. The second-order valence-electron chi connectivity index (χ2n) is 18.2. The van der Waals surface area contributed by atoms with Gasteiger partial charge in [0.15, 0.2) is 0 Å². The average Bonchev–Trinajstić information content (AvgIpc) is 3.31. The zero-order valence-corrected chi connectivity index (χ0v) is 36.6. The maximum absolute atomic E-state index is 12.3. The highest BCUT2D eigenvalue weighted by molar-refractivity contribution is 6.62. The van der Waals surface area contributed by atoms with Crippen LogP contribution in [0, 0.1) is 11.8 Å². The summed E-state index contributed by atoms with van der Waals surface area (Å²) < 4.78 is 34.1. The Bertz CT molecular complexity index is 1730. The van der Waals surface area contributed by atoms with Crippen LogP contribution < -0.4 is 31.3 Å². The van der Waals surface area contributed by atoms with Crippen molar-refractivity contribution in [1.29, 1.82) is 0 Å². The molecule has 1 aliphatic heterocycles. The lowest BCUT2D eigenvalue weighted by atomic mass is 9.79. The van der Waals surface area contributed by atoms with Crippen LogP contribution in [0.1, 0.15) is 103 Å². The summed E-state index contributed by atoms with van der Waals surface area (Å²) in [5.74, 6) is 2.55. The van der Waals surface area contributed by atoms with E-state index in [1.54, 1.807) is 12.3 Å². The number of carbonyl (C=O) groups excluding carboxylic acids is 2. The summed E-state index contributed by atoms with van der Waals surface area (Å²) in [6, 6.07) is 17.0. The Balaban J connectivity index is 0.000000310. The molecule has 1 fully saturated rings. The van der Waals surface area contributed by atoms with Gasteiger partial charge >= 0.3 is 19.3 Å². The second-order valence-corrected chi connectivity index (χ2v) is 18.2. The summed E-state index contributed by atoms with van der Waals surface area (Å²) in [5.41, 5.74) is 6.55. The number of rotatable bonds is 14. The number of hydrogen-bond donors (Lipinski definition) is 3. The lowest BCUT2D eigenvalue weighted by molar-refractivity contribution is 0.00578. The Labute approximate surface area is 340 Å². The van der Waals surface area contributed by atoms with E-state index in [0.29, 0.717) is 30.7 Å². The predicted octanol–water partition coefficient (Wildman–Crippen LogP) is 8.16. The highest BCUT2D eigenvalue weighted by Crippen LogP contribution is 2.36. The van der Waals surface area contributed by atoms with Crippen molar-refractivity contribution in [3.8, 4) is 22.8 Å². The molecule has 0 bridgehead atoms. The molecule has 0 spiro atoms. The van der Waals surface area contributed by atoms with Gasteiger partial charge in [-0.25, -0.2) is 19.6 Å². The van der Waals surface area contributed by atoms with Gasteiger partial charge in [-0.3, -0.25) is 5.32 Å². The summed E-state index contributed by atoms with van der Waals surface area (Å²) in [5, 5.41) is 5.44. The number of nitrogens with two attached hydrogens (primary N) is 1. The van der Waals surface area contributed by atoms with Crippen LogP contribution in [0.15, 0.2) is 60.8 Å². The number of carbonyl (C=O) groups is 2. The zero-order chi connectivity index (χ0) is 42.8. The number of anilines is 1.